The van der Waals surface area contributed by atoms with Crippen LogP contribution in [0.25, 0.3) is 6.08 Å². The number of carbonyl (C=O) groups excluding carboxylic acids is 1. The molecule has 1 aromatic rings. The van der Waals surface area contributed by atoms with E-state index in [-0.39, 0.29) is 6.61 Å². The molecule has 0 aliphatic carbocycles. The molecule has 0 saturated heterocycles. The summed E-state index contributed by atoms with van der Waals surface area (Å²) in [6.45, 7) is 1.78. The van der Waals surface area contributed by atoms with Crippen molar-refractivity contribution >= 4 is 12.0 Å². The van der Waals surface area contributed by atoms with Crippen molar-refractivity contribution in [3.8, 4) is 0 Å². The Morgan fingerprint density at radius 1 is 1.62 bits per heavy atom. The minimum absolute atomic E-state index is 0.159. The first kappa shape index (κ1) is 12.1. The number of nitrogens with zero attached hydrogens (tertiary/aromatic N) is 1. The number of allylic oxidation sites excluding steroid dienone is 2. The molecule has 1 rings (SSSR count). The highest BCUT2D eigenvalue weighted by molar-refractivity contribution is 5.86. The van der Waals surface area contributed by atoms with Crippen LogP contribution in [0.15, 0.2) is 42.5 Å². The average Bonchev–Trinajstić information content (AvgIpc) is 2.30. The summed E-state index contributed by atoms with van der Waals surface area (Å²) in [4.78, 5) is 14.8. The van der Waals surface area contributed by atoms with E-state index in [9.17, 15) is 9.18 Å². The summed E-state index contributed by atoms with van der Waals surface area (Å²) in [5.41, 5.74) is 0.829. The molecule has 1 aromatic heterocycles. The van der Waals surface area contributed by atoms with Crippen LogP contribution in [0.1, 0.15) is 12.5 Å². The Morgan fingerprint density at radius 2 is 2.44 bits per heavy atom. The van der Waals surface area contributed by atoms with Crippen molar-refractivity contribution < 1.29 is 13.9 Å². The highest BCUT2D eigenvalue weighted by Gasteiger charge is 2.06. The topological polar surface area (TPSA) is 39.2 Å². The van der Waals surface area contributed by atoms with E-state index in [1.165, 1.54) is 6.08 Å². The largest absolute Gasteiger partial charge is 0.461 e. The second kappa shape index (κ2) is 6.50. The molecule has 0 radical (unpaired) electrons. The third-order valence-electron chi connectivity index (χ3n) is 1.69. The summed E-state index contributed by atoms with van der Waals surface area (Å²) < 4.78 is 17.5. The maximum Gasteiger partial charge on any atom is 0.367 e. The van der Waals surface area contributed by atoms with E-state index in [1.807, 2.05) is 6.07 Å². The maximum atomic E-state index is 13.0. The summed E-state index contributed by atoms with van der Waals surface area (Å²) in [5, 5.41) is 0. The number of halogens is 1. The molecule has 0 amide bonds. The zero-order valence-corrected chi connectivity index (χ0v) is 8.89. The second-order valence-electron chi connectivity index (χ2n) is 2.88. The first-order chi connectivity index (χ1) is 7.74. The smallest absolute Gasteiger partial charge is 0.367 e. The minimum atomic E-state index is -0.946. The van der Waals surface area contributed by atoms with Crippen LogP contribution in [-0.2, 0) is 9.53 Å². The van der Waals surface area contributed by atoms with E-state index in [0.717, 1.165) is 11.6 Å². The summed E-state index contributed by atoms with van der Waals surface area (Å²) in [5.74, 6) is -1.86. The maximum absolute atomic E-state index is 13.0. The van der Waals surface area contributed by atoms with Gasteiger partial charge in [0, 0.05) is 12.4 Å². The number of ether oxygens (including phenoxy) is 1. The SMILES string of the molecule is CCOC(=O)/C(F)=C/C=C/c1cccnc1. The van der Waals surface area contributed by atoms with Crippen LogP contribution in [0.3, 0.4) is 0 Å². The van der Waals surface area contributed by atoms with E-state index in [2.05, 4.69) is 9.72 Å². The molecule has 84 valence electrons. The molecule has 0 unspecified atom stereocenters. The van der Waals surface area contributed by atoms with Crippen molar-refractivity contribution in [1.82, 2.24) is 4.98 Å². The second-order valence-corrected chi connectivity index (χ2v) is 2.88. The molecular weight excluding hydrogens is 209 g/mol. The number of rotatable bonds is 4. The van der Waals surface area contributed by atoms with Gasteiger partial charge in [0.05, 0.1) is 6.61 Å². The fourth-order valence-corrected chi connectivity index (χ4v) is 0.986. The van der Waals surface area contributed by atoms with Gasteiger partial charge in [-0.15, -0.1) is 0 Å². The van der Waals surface area contributed by atoms with Crippen LogP contribution in [0.2, 0.25) is 0 Å². The molecular formula is C12H12FNO2. The molecule has 0 spiro atoms. The Bertz CT molecular complexity index is 399. The Morgan fingerprint density at radius 3 is 3.06 bits per heavy atom. The molecule has 0 aliphatic heterocycles. The lowest BCUT2D eigenvalue weighted by atomic mass is 10.2. The molecule has 16 heavy (non-hydrogen) atoms. The van der Waals surface area contributed by atoms with Gasteiger partial charge in [-0.1, -0.05) is 18.2 Å². The van der Waals surface area contributed by atoms with Crippen LogP contribution in [-0.4, -0.2) is 17.6 Å². The van der Waals surface area contributed by atoms with E-state index in [1.54, 1.807) is 31.5 Å². The highest BCUT2D eigenvalue weighted by atomic mass is 19.1. The third kappa shape index (κ3) is 4.04. The van der Waals surface area contributed by atoms with Gasteiger partial charge in [-0.2, -0.15) is 4.39 Å². The Labute approximate surface area is 93.3 Å². The lowest BCUT2D eigenvalue weighted by molar-refractivity contribution is -0.140. The van der Waals surface area contributed by atoms with E-state index < -0.39 is 11.8 Å². The number of esters is 1. The van der Waals surface area contributed by atoms with Crippen LogP contribution in [0.4, 0.5) is 4.39 Å². The molecule has 0 atom stereocenters. The van der Waals surface area contributed by atoms with Gasteiger partial charge >= 0.3 is 5.97 Å². The lowest BCUT2D eigenvalue weighted by Gasteiger charge is -1.96. The molecule has 3 nitrogen and oxygen atoms in total. The van der Waals surface area contributed by atoms with Crippen LogP contribution in [0, 0.1) is 0 Å². The zero-order valence-electron chi connectivity index (χ0n) is 8.89. The molecule has 0 saturated carbocycles. The Balaban J connectivity index is 2.59. The minimum Gasteiger partial charge on any atom is -0.461 e. The lowest BCUT2D eigenvalue weighted by Crippen LogP contribution is -2.03. The third-order valence-corrected chi connectivity index (χ3v) is 1.69. The molecule has 0 bridgehead atoms. The first-order valence-electron chi connectivity index (χ1n) is 4.85. The Hall–Kier alpha value is -1.97. The van der Waals surface area contributed by atoms with Crippen molar-refractivity contribution in [2.45, 2.75) is 6.92 Å². The van der Waals surface area contributed by atoms with Gasteiger partial charge < -0.3 is 4.74 Å². The number of aromatic nitrogens is 1. The summed E-state index contributed by atoms with van der Waals surface area (Å²) in [6, 6.07) is 3.59. The van der Waals surface area contributed by atoms with Crippen LogP contribution < -0.4 is 0 Å². The van der Waals surface area contributed by atoms with Crippen molar-refractivity contribution in [3.63, 3.8) is 0 Å². The van der Waals surface area contributed by atoms with Crippen molar-refractivity contribution in [2.75, 3.05) is 6.61 Å². The van der Waals surface area contributed by atoms with Gasteiger partial charge in [0.2, 0.25) is 5.83 Å². The number of carbonyl (C=O) groups is 1. The predicted octanol–water partition coefficient (Wildman–Crippen LogP) is 2.51. The number of hydrogen-bond acceptors (Lipinski definition) is 3. The molecule has 4 heteroatoms. The monoisotopic (exact) mass is 221 g/mol. The predicted molar refractivity (Wildman–Crippen MR) is 59.1 cm³/mol. The summed E-state index contributed by atoms with van der Waals surface area (Å²) in [7, 11) is 0. The van der Waals surface area contributed by atoms with E-state index >= 15 is 0 Å². The first-order valence-corrected chi connectivity index (χ1v) is 4.85. The van der Waals surface area contributed by atoms with E-state index in [0.29, 0.717) is 0 Å². The normalized spacial score (nSPS) is 11.8. The van der Waals surface area contributed by atoms with Crippen LogP contribution >= 0.6 is 0 Å². The Kier molecular flexibility index (Phi) is 4.92. The van der Waals surface area contributed by atoms with Crippen molar-refractivity contribution in [2.24, 2.45) is 0 Å². The standard InChI is InChI=1S/C12H12FNO2/c1-2-16-12(15)11(13)7-3-5-10-6-4-8-14-9-10/h3-9H,2H2,1H3/b5-3+,11-7-. The zero-order chi connectivity index (χ0) is 11.8. The van der Waals surface area contributed by atoms with Crippen molar-refractivity contribution in [3.05, 3.63) is 48.1 Å². The van der Waals surface area contributed by atoms with E-state index in [4.69, 9.17) is 0 Å². The fraction of sp³-hybridized carbons (Fsp3) is 0.167. The number of hydrogen-bond donors (Lipinski definition) is 0. The van der Waals surface area contributed by atoms with Gasteiger partial charge in [0.25, 0.3) is 0 Å². The summed E-state index contributed by atoms with van der Waals surface area (Å²) in [6.07, 6.45) is 7.42. The van der Waals surface area contributed by atoms with Crippen molar-refractivity contribution in [1.29, 1.82) is 0 Å². The van der Waals surface area contributed by atoms with Gasteiger partial charge in [0.15, 0.2) is 0 Å². The average molecular weight is 221 g/mol. The highest BCUT2D eigenvalue weighted by Crippen LogP contribution is 2.03. The summed E-state index contributed by atoms with van der Waals surface area (Å²) >= 11 is 0. The molecule has 0 N–H and O–H groups in total. The molecule has 0 aromatic carbocycles. The van der Waals surface area contributed by atoms with Gasteiger partial charge in [-0.05, 0) is 24.6 Å². The molecule has 0 aliphatic rings. The molecule has 0 fully saturated rings. The van der Waals surface area contributed by atoms with Crippen LogP contribution in [0.5, 0.6) is 0 Å². The fourth-order valence-electron chi connectivity index (χ4n) is 0.986. The number of pyridine rings is 1. The van der Waals surface area contributed by atoms with Gasteiger partial charge in [-0.3, -0.25) is 4.98 Å². The quantitative estimate of drug-likeness (QED) is 0.445. The van der Waals surface area contributed by atoms with Gasteiger partial charge in [-0.25, -0.2) is 4.79 Å². The van der Waals surface area contributed by atoms with Gasteiger partial charge in [0.1, 0.15) is 0 Å². The molecule has 1 heterocycles.